The van der Waals surface area contributed by atoms with E-state index >= 15 is 0 Å². The van der Waals surface area contributed by atoms with E-state index in [4.69, 9.17) is 4.74 Å². The SMILES string of the molecule is COc1ccc(N2C(=O)C[C@@H]([NH+]3CCCC[C@H]3C)C2=O)cc1. The molecule has 0 aromatic heterocycles. The van der Waals surface area contributed by atoms with Gasteiger partial charge in [0.05, 0.1) is 31.8 Å². The Morgan fingerprint density at radius 2 is 1.91 bits per heavy atom. The van der Waals surface area contributed by atoms with Gasteiger partial charge in [-0.2, -0.15) is 0 Å². The number of hydrogen-bond acceptors (Lipinski definition) is 3. The summed E-state index contributed by atoms with van der Waals surface area (Å²) in [7, 11) is 1.60. The third kappa shape index (κ3) is 2.61. The fourth-order valence-corrected chi connectivity index (χ4v) is 3.65. The number of hydrogen-bond donors (Lipinski definition) is 1. The van der Waals surface area contributed by atoms with Crippen molar-refractivity contribution in [3.63, 3.8) is 0 Å². The molecule has 3 rings (SSSR count). The van der Waals surface area contributed by atoms with Crippen molar-refractivity contribution in [2.24, 2.45) is 0 Å². The standard InChI is InChI=1S/C17H22N2O3/c1-12-5-3-4-10-18(12)15-11-16(20)19(17(15)21)13-6-8-14(22-2)9-7-13/h6-9,12,15H,3-5,10-11H2,1-2H3/p+1/t12-,15-/m1/s1. The molecule has 3 atom stereocenters. The summed E-state index contributed by atoms with van der Waals surface area (Å²) in [6.07, 6.45) is 3.82. The molecule has 2 aliphatic rings. The van der Waals surface area contributed by atoms with E-state index in [0.29, 0.717) is 18.2 Å². The summed E-state index contributed by atoms with van der Waals surface area (Å²) in [5, 5.41) is 0. The molecular weight excluding hydrogens is 280 g/mol. The number of nitrogens with one attached hydrogen (secondary N) is 1. The molecule has 1 N–H and O–H groups in total. The van der Waals surface area contributed by atoms with Crippen molar-refractivity contribution < 1.29 is 19.2 Å². The van der Waals surface area contributed by atoms with Crippen LogP contribution in [0.2, 0.25) is 0 Å². The largest absolute Gasteiger partial charge is 0.497 e. The number of carbonyl (C=O) groups is 2. The van der Waals surface area contributed by atoms with Crippen LogP contribution in [-0.4, -0.2) is 37.6 Å². The van der Waals surface area contributed by atoms with Gasteiger partial charge in [-0.25, -0.2) is 4.90 Å². The van der Waals surface area contributed by atoms with Gasteiger partial charge in [-0.1, -0.05) is 0 Å². The highest BCUT2D eigenvalue weighted by molar-refractivity contribution is 6.21. The summed E-state index contributed by atoms with van der Waals surface area (Å²) in [5.74, 6) is 0.569. The van der Waals surface area contributed by atoms with E-state index in [1.54, 1.807) is 31.4 Å². The molecule has 0 radical (unpaired) electrons. The number of quaternary nitrogens is 1. The van der Waals surface area contributed by atoms with Gasteiger partial charge in [-0.15, -0.1) is 0 Å². The molecule has 2 saturated heterocycles. The van der Waals surface area contributed by atoms with Crippen LogP contribution in [0, 0.1) is 0 Å². The Balaban J connectivity index is 1.81. The van der Waals surface area contributed by atoms with Crippen molar-refractivity contribution in [3.05, 3.63) is 24.3 Å². The third-order valence-electron chi connectivity index (χ3n) is 4.91. The Morgan fingerprint density at radius 1 is 1.18 bits per heavy atom. The molecule has 0 aliphatic carbocycles. The van der Waals surface area contributed by atoms with Crippen LogP contribution in [0.1, 0.15) is 32.6 Å². The second-order valence-corrected chi connectivity index (χ2v) is 6.24. The number of imide groups is 1. The van der Waals surface area contributed by atoms with Crippen LogP contribution in [0.25, 0.3) is 0 Å². The number of rotatable bonds is 3. The summed E-state index contributed by atoms with van der Waals surface area (Å²) in [5.41, 5.74) is 0.641. The van der Waals surface area contributed by atoms with Gasteiger partial charge in [-0.05, 0) is 50.5 Å². The number of methoxy groups -OCH3 is 1. The predicted octanol–water partition coefficient (Wildman–Crippen LogP) is 0.784. The minimum Gasteiger partial charge on any atom is -0.497 e. The zero-order valence-corrected chi connectivity index (χ0v) is 13.2. The maximum atomic E-state index is 12.8. The van der Waals surface area contributed by atoms with E-state index in [2.05, 4.69) is 6.92 Å². The number of nitrogens with zero attached hydrogens (tertiary/aromatic N) is 1. The lowest BCUT2D eigenvalue weighted by Crippen LogP contribution is -3.20. The smallest absolute Gasteiger partial charge is 0.292 e. The predicted molar refractivity (Wildman–Crippen MR) is 83.0 cm³/mol. The quantitative estimate of drug-likeness (QED) is 0.840. The molecule has 5 nitrogen and oxygen atoms in total. The Labute approximate surface area is 130 Å². The van der Waals surface area contributed by atoms with Crippen molar-refractivity contribution in [2.75, 3.05) is 18.6 Å². The van der Waals surface area contributed by atoms with Gasteiger partial charge in [0.1, 0.15) is 5.75 Å². The first-order valence-electron chi connectivity index (χ1n) is 7.98. The summed E-state index contributed by atoms with van der Waals surface area (Å²) in [4.78, 5) is 27.8. The molecule has 0 spiro atoms. The zero-order valence-electron chi connectivity index (χ0n) is 13.2. The van der Waals surface area contributed by atoms with Crippen LogP contribution >= 0.6 is 0 Å². The third-order valence-corrected chi connectivity index (χ3v) is 4.91. The number of likely N-dealkylation sites (tertiary alicyclic amines) is 1. The Kier molecular flexibility index (Phi) is 4.16. The van der Waals surface area contributed by atoms with Crippen molar-refractivity contribution in [1.82, 2.24) is 0 Å². The first kappa shape index (κ1) is 15.0. The average Bonchev–Trinajstić information content (AvgIpc) is 2.83. The summed E-state index contributed by atoms with van der Waals surface area (Å²) in [6, 6.07) is 7.33. The van der Waals surface area contributed by atoms with Gasteiger partial charge in [0.25, 0.3) is 5.91 Å². The monoisotopic (exact) mass is 303 g/mol. The van der Waals surface area contributed by atoms with Crippen LogP contribution in [0.3, 0.4) is 0 Å². The molecular formula is C17H23N2O3+. The van der Waals surface area contributed by atoms with Crippen LogP contribution in [-0.2, 0) is 9.59 Å². The number of benzene rings is 1. The summed E-state index contributed by atoms with van der Waals surface area (Å²) in [6.45, 7) is 3.17. The molecule has 2 fully saturated rings. The molecule has 1 aromatic rings. The lowest BCUT2D eigenvalue weighted by atomic mass is 10.0. The topological polar surface area (TPSA) is 51.0 Å². The van der Waals surface area contributed by atoms with Gasteiger partial charge in [0, 0.05) is 0 Å². The van der Waals surface area contributed by atoms with Gasteiger partial charge < -0.3 is 9.64 Å². The number of piperidine rings is 1. The Morgan fingerprint density at radius 3 is 2.55 bits per heavy atom. The van der Waals surface area contributed by atoms with E-state index in [1.807, 2.05) is 0 Å². The molecule has 118 valence electrons. The molecule has 2 aliphatic heterocycles. The van der Waals surface area contributed by atoms with Crippen molar-refractivity contribution in [1.29, 1.82) is 0 Å². The summed E-state index contributed by atoms with van der Waals surface area (Å²) < 4.78 is 5.12. The Hall–Kier alpha value is -1.88. The van der Waals surface area contributed by atoms with Crippen LogP contribution in [0.15, 0.2) is 24.3 Å². The van der Waals surface area contributed by atoms with Crippen molar-refractivity contribution in [2.45, 2.75) is 44.7 Å². The maximum Gasteiger partial charge on any atom is 0.292 e. The fourth-order valence-electron chi connectivity index (χ4n) is 3.65. The average molecular weight is 303 g/mol. The summed E-state index contributed by atoms with van der Waals surface area (Å²) >= 11 is 0. The number of amides is 2. The lowest BCUT2D eigenvalue weighted by Gasteiger charge is -2.33. The van der Waals surface area contributed by atoms with E-state index < -0.39 is 0 Å². The van der Waals surface area contributed by atoms with E-state index in [0.717, 1.165) is 25.1 Å². The van der Waals surface area contributed by atoms with Gasteiger partial charge in [-0.3, -0.25) is 9.59 Å². The highest BCUT2D eigenvalue weighted by Gasteiger charge is 2.47. The highest BCUT2D eigenvalue weighted by atomic mass is 16.5. The second kappa shape index (κ2) is 6.08. The van der Waals surface area contributed by atoms with Gasteiger partial charge in [0.2, 0.25) is 5.91 Å². The molecule has 0 bridgehead atoms. The fraction of sp³-hybridized carbons (Fsp3) is 0.529. The van der Waals surface area contributed by atoms with E-state index in [9.17, 15) is 9.59 Å². The number of anilines is 1. The first-order valence-corrected chi connectivity index (χ1v) is 7.98. The first-order chi connectivity index (χ1) is 10.6. The lowest BCUT2D eigenvalue weighted by molar-refractivity contribution is -0.942. The highest BCUT2D eigenvalue weighted by Crippen LogP contribution is 2.24. The molecule has 1 unspecified atom stereocenters. The van der Waals surface area contributed by atoms with Gasteiger partial charge in [0.15, 0.2) is 6.04 Å². The second-order valence-electron chi connectivity index (χ2n) is 6.24. The van der Waals surface area contributed by atoms with Crippen molar-refractivity contribution >= 4 is 17.5 Å². The molecule has 2 heterocycles. The van der Waals surface area contributed by atoms with E-state index in [-0.39, 0.29) is 17.9 Å². The van der Waals surface area contributed by atoms with Crippen LogP contribution < -0.4 is 14.5 Å². The zero-order chi connectivity index (χ0) is 15.7. The number of ether oxygens (including phenoxy) is 1. The molecule has 1 aromatic carbocycles. The molecule has 2 amide bonds. The molecule has 5 heteroatoms. The van der Waals surface area contributed by atoms with E-state index in [1.165, 1.54) is 16.2 Å². The molecule has 22 heavy (non-hydrogen) atoms. The van der Waals surface area contributed by atoms with Crippen LogP contribution in [0.5, 0.6) is 5.75 Å². The minimum atomic E-state index is -0.218. The normalized spacial score (nSPS) is 29.0. The molecule has 0 saturated carbocycles. The maximum absolute atomic E-state index is 12.8. The Bertz CT molecular complexity index is 570. The van der Waals surface area contributed by atoms with Gasteiger partial charge >= 0.3 is 0 Å². The van der Waals surface area contributed by atoms with Crippen LogP contribution in [0.4, 0.5) is 5.69 Å². The number of carbonyl (C=O) groups excluding carboxylic acids is 2. The van der Waals surface area contributed by atoms with Crippen molar-refractivity contribution in [3.8, 4) is 5.75 Å². The minimum absolute atomic E-state index is 0.0566.